The number of nitrogens with zero attached hydrogens (tertiary/aromatic N) is 1. The van der Waals surface area contributed by atoms with Crippen molar-refractivity contribution < 1.29 is 19.1 Å². The van der Waals surface area contributed by atoms with E-state index < -0.39 is 5.97 Å². The van der Waals surface area contributed by atoms with Crippen molar-refractivity contribution in [2.75, 3.05) is 13.2 Å². The van der Waals surface area contributed by atoms with E-state index in [-0.39, 0.29) is 11.8 Å². The molecule has 2 aromatic heterocycles. The second-order valence-electron chi connectivity index (χ2n) is 7.52. The molecule has 0 aliphatic carbocycles. The van der Waals surface area contributed by atoms with Crippen LogP contribution in [0.5, 0.6) is 5.75 Å². The lowest BCUT2D eigenvalue weighted by Gasteiger charge is -2.14. The molecule has 1 unspecified atom stereocenters. The molecule has 0 amide bonds. The van der Waals surface area contributed by atoms with Gasteiger partial charge >= 0.3 is 5.97 Å². The van der Waals surface area contributed by atoms with Gasteiger partial charge in [-0.3, -0.25) is 0 Å². The number of aromatic carboxylic acids is 1. The zero-order valence-corrected chi connectivity index (χ0v) is 17.1. The van der Waals surface area contributed by atoms with Crippen LogP contribution in [0.4, 0.5) is 0 Å². The summed E-state index contributed by atoms with van der Waals surface area (Å²) in [5.74, 6) is -0.666. The van der Waals surface area contributed by atoms with Crippen molar-refractivity contribution >= 4 is 27.8 Å². The summed E-state index contributed by atoms with van der Waals surface area (Å²) in [5, 5.41) is 23.5. The predicted octanol–water partition coefficient (Wildman–Crippen LogP) is 4.47. The molecule has 0 aliphatic rings. The molecule has 0 saturated carbocycles. The Morgan fingerprint density at radius 1 is 1.32 bits per heavy atom. The first kappa shape index (κ1) is 20.5. The lowest BCUT2D eigenvalue weighted by molar-refractivity contribution is 0.0665. The Labute approximate surface area is 179 Å². The van der Waals surface area contributed by atoms with Crippen LogP contribution in [0.2, 0.25) is 0 Å². The van der Waals surface area contributed by atoms with E-state index in [1.54, 1.807) is 12.1 Å². The summed E-state index contributed by atoms with van der Waals surface area (Å²) in [6, 6.07) is 15.0. The van der Waals surface area contributed by atoms with Gasteiger partial charge in [0.25, 0.3) is 0 Å². The number of para-hydroxylation sites is 1. The monoisotopic (exact) mass is 417 g/mol. The number of carboxylic acid groups (broad SMARTS) is 1. The lowest BCUT2D eigenvalue weighted by Crippen LogP contribution is -2.30. The summed E-state index contributed by atoms with van der Waals surface area (Å²) >= 11 is 0. The van der Waals surface area contributed by atoms with E-state index in [0.717, 1.165) is 23.7 Å². The van der Waals surface area contributed by atoms with Crippen LogP contribution < -0.4 is 10.1 Å². The molecular weight excluding hydrogens is 394 g/mol. The van der Waals surface area contributed by atoms with Crippen LogP contribution >= 0.6 is 0 Å². The second kappa shape index (κ2) is 8.94. The van der Waals surface area contributed by atoms with Crippen molar-refractivity contribution in [1.29, 1.82) is 5.26 Å². The normalized spacial score (nSPS) is 12.1. The minimum Gasteiger partial charge on any atom is -0.488 e. The first-order valence-corrected chi connectivity index (χ1v) is 10.2. The maximum Gasteiger partial charge on any atom is 0.371 e. The fraction of sp³-hybridized carbons (Fsp3) is 0.250. The zero-order chi connectivity index (χ0) is 21.8. The van der Waals surface area contributed by atoms with Gasteiger partial charge in [-0.05, 0) is 55.7 Å². The van der Waals surface area contributed by atoms with E-state index in [4.69, 9.17) is 19.5 Å². The van der Waals surface area contributed by atoms with E-state index in [1.807, 2.05) is 30.5 Å². The maximum atomic E-state index is 11.1. The molecule has 4 aromatic rings. The molecule has 2 aromatic carbocycles. The maximum absolute atomic E-state index is 11.1. The molecule has 0 spiro atoms. The number of nitriles is 1. The lowest BCUT2D eigenvalue weighted by atomic mass is 10.0. The molecule has 3 N–H and O–H groups in total. The van der Waals surface area contributed by atoms with Crippen molar-refractivity contribution in [3.05, 3.63) is 65.5 Å². The number of hydrogen-bond acceptors (Lipinski definition) is 5. The van der Waals surface area contributed by atoms with Gasteiger partial charge in [-0.15, -0.1) is 0 Å². The second-order valence-corrected chi connectivity index (χ2v) is 7.52. The van der Waals surface area contributed by atoms with Gasteiger partial charge < -0.3 is 24.6 Å². The van der Waals surface area contributed by atoms with Gasteiger partial charge in [0.15, 0.2) is 11.3 Å². The van der Waals surface area contributed by atoms with Gasteiger partial charge in [0.05, 0.1) is 11.6 Å². The van der Waals surface area contributed by atoms with Crippen LogP contribution in [0, 0.1) is 11.3 Å². The highest BCUT2D eigenvalue weighted by Gasteiger charge is 2.14. The first-order chi connectivity index (χ1) is 15.0. The Bertz CT molecular complexity index is 1270. The fourth-order valence-corrected chi connectivity index (χ4v) is 3.65. The number of hydrogen-bond donors (Lipinski definition) is 3. The molecule has 7 nitrogen and oxygen atoms in total. The number of nitrogens with one attached hydrogen (secondary N) is 2. The summed E-state index contributed by atoms with van der Waals surface area (Å²) in [6.45, 7) is 3.21. The van der Waals surface area contributed by atoms with Gasteiger partial charge in [-0.1, -0.05) is 12.1 Å². The molecule has 2 heterocycles. The number of carbonyl (C=O) groups is 1. The Balaban J connectivity index is 1.28. The number of H-pyrrole nitrogens is 1. The Morgan fingerprint density at radius 2 is 2.19 bits per heavy atom. The molecule has 31 heavy (non-hydrogen) atoms. The van der Waals surface area contributed by atoms with E-state index in [2.05, 4.69) is 23.3 Å². The Morgan fingerprint density at radius 3 is 3.00 bits per heavy atom. The van der Waals surface area contributed by atoms with Crippen molar-refractivity contribution in [3.63, 3.8) is 0 Å². The number of ether oxygens (including phenoxy) is 1. The third kappa shape index (κ3) is 4.55. The van der Waals surface area contributed by atoms with E-state index >= 15 is 0 Å². The van der Waals surface area contributed by atoms with Gasteiger partial charge in [-0.25, -0.2) is 4.79 Å². The van der Waals surface area contributed by atoms with Gasteiger partial charge in [0.2, 0.25) is 5.76 Å². The quantitative estimate of drug-likeness (QED) is 0.346. The van der Waals surface area contributed by atoms with Gasteiger partial charge in [-0.2, -0.15) is 5.26 Å². The summed E-state index contributed by atoms with van der Waals surface area (Å²) in [6.07, 6.45) is 3.85. The van der Waals surface area contributed by atoms with Crippen molar-refractivity contribution in [3.8, 4) is 11.8 Å². The SMILES string of the molecule is CC(CCc1c[nH]c2ccc(C#N)cc12)NCCOc1cccc2cc(C(=O)O)oc12. The van der Waals surface area contributed by atoms with E-state index in [0.29, 0.717) is 35.4 Å². The van der Waals surface area contributed by atoms with Crippen LogP contribution in [-0.4, -0.2) is 35.3 Å². The Kier molecular flexibility index (Phi) is 5.92. The summed E-state index contributed by atoms with van der Waals surface area (Å²) < 4.78 is 11.2. The smallest absolute Gasteiger partial charge is 0.371 e. The van der Waals surface area contributed by atoms with Gasteiger partial charge in [0.1, 0.15) is 6.61 Å². The number of furan rings is 1. The highest BCUT2D eigenvalue weighted by atomic mass is 16.5. The highest BCUT2D eigenvalue weighted by Crippen LogP contribution is 2.28. The van der Waals surface area contributed by atoms with Crippen LogP contribution in [0.3, 0.4) is 0 Å². The molecule has 1 atom stereocenters. The standard InChI is InChI=1S/C24H23N3O4/c1-15(5-7-18-14-27-20-8-6-16(13-25)11-19(18)20)26-9-10-30-21-4-2-3-17-12-22(24(28)29)31-23(17)21/h2-4,6,8,11-12,14-15,26-27H,5,7,9-10H2,1H3,(H,28,29). The molecule has 0 saturated heterocycles. The third-order valence-corrected chi connectivity index (χ3v) is 5.31. The number of rotatable bonds is 9. The number of benzene rings is 2. The van der Waals surface area contributed by atoms with Crippen molar-refractivity contribution in [2.45, 2.75) is 25.8 Å². The topological polar surface area (TPSA) is 111 Å². The predicted molar refractivity (Wildman–Crippen MR) is 117 cm³/mol. The summed E-state index contributed by atoms with van der Waals surface area (Å²) in [7, 11) is 0. The molecule has 0 fully saturated rings. The number of aromatic nitrogens is 1. The number of aryl methyl sites for hydroxylation is 1. The van der Waals surface area contributed by atoms with Gasteiger partial charge in [0, 0.05) is 35.1 Å². The van der Waals surface area contributed by atoms with E-state index in [9.17, 15) is 4.79 Å². The first-order valence-electron chi connectivity index (χ1n) is 10.2. The number of carboxylic acids is 1. The van der Waals surface area contributed by atoms with Crippen molar-refractivity contribution in [1.82, 2.24) is 10.3 Å². The van der Waals surface area contributed by atoms with Crippen LogP contribution in [0.1, 0.15) is 35.0 Å². The van der Waals surface area contributed by atoms with E-state index in [1.165, 1.54) is 11.6 Å². The molecule has 158 valence electrons. The largest absolute Gasteiger partial charge is 0.488 e. The average molecular weight is 417 g/mol. The molecular formula is C24H23N3O4. The molecule has 0 aliphatic heterocycles. The summed E-state index contributed by atoms with van der Waals surface area (Å²) in [5.41, 5.74) is 3.36. The molecule has 4 rings (SSSR count). The van der Waals surface area contributed by atoms with Crippen molar-refractivity contribution in [2.24, 2.45) is 0 Å². The van der Waals surface area contributed by atoms with Crippen LogP contribution in [-0.2, 0) is 6.42 Å². The molecule has 0 bridgehead atoms. The minimum absolute atomic E-state index is 0.100. The van der Waals surface area contributed by atoms with Crippen LogP contribution in [0.25, 0.3) is 21.9 Å². The fourth-order valence-electron chi connectivity index (χ4n) is 3.65. The number of aromatic amines is 1. The third-order valence-electron chi connectivity index (χ3n) is 5.31. The van der Waals surface area contributed by atoms with Crippen LogP contribution in [0.15, 0.2) is 53.1 Å². The highest BCUT2D eigenvalue weighted by molar-refractivity contribution is 5.93. The zero-order valence-electron chi connectivity index (χ0n) is 17.1. The minimum atomic E-state index is -1.10. The Hall–Kier alpha value is -3.76. The summed E-state index contributed by atoms with van der Waals surface area (Å²) in [4.78, 5) is 14.4. The molecule has 0 radical (unpaired) electrons. The molecule has 7 heteroatoms. The average Bonchev–Trinajstić information content (AvgIpc) is 3.39. The number of fused-ring (bicyclic) bond motifs is 2.